The van der Waals surface area contributed by atoms with E-state index in [1.54, 1.807) is 19.1 Å². The van der Waals surface area contributed by atoms with Gasteiger partial charge in [0.05, 0.1) is 11.7 Å². The summed E-state index contributed by atoms with van der Waals surface area (Å²) in [6.45, 7) is 7.85. The minimum Gasteiger partial charge on any atom is -0.490 e. The summed E-state index contributed by atoms with van der Waals surface area (Å²) in [5, 5.41) is 9.21. The average molecular weight is 251 g/mol. The lowest BCUT2D eigenvalue weighted by molar-refractivity contribution is 0.0983. The third-order valence-corrected chi connectivity index (χ3v) is 2.74. The van der Waals surface area contributed by atoms with Crippen LogP contribution in [0.5, 0.6) is 5.75 Å². The van der Waals surface area contributed by atoms with E-state index in [2.05, 4.69) is 13.8 Å². The van der Waals surface area contributed by atoms with Crippen molar-refractivity contribution in [3.63, 3.8) is 0 Å². The zero-order valence-corrected chi connectivity index (χ0v) is 11.4. The second-order valence-electron chi connectivity index (χ2n) is 4.88. The maximum absolute atomic E-state index is 11.4. The first-order valence-corrected chi connectivity index (χ1v) is 6.08. The predicted octanol–water partition coefficient (Wildman–Crippen LogP) is 1.98. The molecule has 4 nitrogen and oxygen atoms in total. The maximum Gasteiger partial charge on any atom is 0.252 e. The van der Waals surface area contributed by atoms with Gasteiger partial charge in [0.1, 0.15) is 12.4 Å². The summed E-state index contributed by atoms with van der Waals surface area (Å²) in [6.07, 6.45) is -0.587. The molecule has 0 saturated carbocycles. The third kappa shape index (κ3) is 3.47. The van der Waals surface area contributed by atoms with Gasteiger partial charge in [0.25, 0.3) is 5.91 Å². The van der Waals surface area contributed by atoms with Crippen molar-refractivity contribution >= 4 is 5.91 Å². The molecule has 100 valence electrons. The van der Waals surface area contributed by atoms with E-state index in [0.717, 1.165) is 11.1 Å². The number of benzene rings is 1. The number of nitrogens with two attached hydrogens (primary N) is 1. The number of amides is 1. The quantitative estimate of drug-likeness (QED) is 0.840. The number of ether oxygens (including phenoxy) is 1. The number of aryl methyl sites for hydroxylation is 1. The van der Waals surface area contributed by atoms with Crippen LogP contribution in [0.4, 0.5) is 0 Å². The van der Waals surface area contributed by atoms with Crippen LogP contribution in [-0.4, -0.2) is 23.7 Å². The first kappa shape index (κ1) is 14.5. The number of aliphatic hydroxyl groups is 1. The zero-order chi connectivity index (χ0) is 13.9. The number of carbonyl (C=O) groups is 1. The van der Waals surface area contributed by atoms with Crippen molar-refractivity contribution in [2.45, 2.75) is 39.7 Å². The normalized spacial score (nSPS) is 12.6. The summed E-state index contributed by atoms with van der Waals surface area (Å²) in [6, 6.07) is 3.58. The van der Waals surface area contributed by atoms with Crippen molar-refractivity contribution in [3.8, 4) is 5.75 Å². The smallest absolute Gasteiger partial charge is 0.252 e. The van der Waals surface area contributed by atoms with E-state index in [4.69, 9.17) is 10.5 Å². The molecule has 1 aromatic carbocycles. The molecular formula is C14H21NO3. The van der Waals surface area contributed by atoms with Gasteiger partial charge in [0.2, 0.25) is 0 Å². The molecule has 0 aliphatic heterocycles. The number of carbonyl (C=O) groups excluding carboxylic acids is 1. The van der Waals surface area contributed by atoms with E-state index < -0.39 is 12.0 Å². The highest BCUT2D eigenvalue weighted by atomic mass is 16.5. The van der Waals surface area contributed by atoms with Crippen LogP contribution in [0.15, 0.2) is 12.1 Å². The lowest BCUT2D eigenvalue weighted by atomic mass is 9.95. The van der Waals surface area contributed by atoms with Gasteiger partial charge in [-0.2, -0.15) is 0 Å². The lowest BCUT2D eigenvalue weighted by Gasteiger charge is -2.16. The van der Waals surface area contributed by atoms with Gasteiger partial charge in [0.15, 0.2) is 0 Å². The molecule has 0 spiro atoms. The zero-order valence-electron chi connectivity index (χ0n) is 11.4. The third-order valence-electron chi connectivity index (χ3n) is 2.74. The fraction of sp³-hybridized carbons (Fsp3) is 0.500. The number of aliphatic hydroxyl groups excluding tert-OH is 1. The first-order valence-electron chi connectivity index (χ1n) is 6.08. The highest BCUT2D eigenvalue weighted by Crippen LogP contribution is 2.28. The Bertz CT molecular complexity index is 439. The van der Waals surface area contributed by atoms with Gasteiger partial charge >= 0.3 is 0 Å². The van der Waals surface area contributed by atoms with Crippen LogP contribution in [0.3, 0.4) is 0 Å². The average Bonchev–Trinajstić information content (AvgIpc) is 2.25. The van der Waals surface area contributed by atoms with Crippen molar-refractivity contribution in [3.05, 3.63) is 28.8 Å². The molecule has 0 radical (unpaired) electrons. The summed E-state index contributed by atoms with van der Waals surface area (Å²) < 4.78 is 5.42. The summed E-state index contributed by atoms with van der Waals surface area (Å²) >= 11 is 0. The van der Waals surface area contributed by atoms with Gasteiger partial charge in [-0.1, -0.05) is 13.8 Å². The van der Waals surface area contributed by atoms with Gasteiger partial charge in [-0.25, -0.2) is 0 Å². The van der Waals surface area contributed by atoms with Crippen molar-refractivity contribution in [2.24, 2.45) is 5.73 Å². The standard InChI is InChI=1S/C14H21NO3/c1-8(2)11-6-12(14(15)17)13(5-9(11)3)18-7-10(4)16/h5-6,8,10,16H,7H2,1-4H3,(H2,15,17). The van der Waals surface area contributed by atoms with Crippen molar-refractivity contribution < 1.29 is 14.6 Å². The molecule has 0 bridgehead atoms. The number of primary amides is 1. The van der Waals surface area contributed by atoms with Crippen LogP contribution >= 0.6 is 0 Å². The SMILES string of the molecule is Cc1cc(OCC(C)O)c(C(N)=O)cc1C(C)C. The summed E-state index contributed by atoms with van der Waals surface area (Å²) in [4.78, 5) is 11.4. The second kappa shape index (κ2) is 5.87. The molecule has 0 fully saturated rings. The predicted molar refractivity (Wildman–Crippen MR) is 71.0 cm³/mol. The van der Waals surface area contributed by atoms with Crippen LogP contribution in [0.2, 0.25) is 0 Å². The fourth-order valence-electron chi connectivity index (χ4n) is 1.84. The molecule has 18 heavy (non-hydrogen) atoms. The Kier molecular flexibility index (Phi) is 4.73. The van der Waals surface area contributed by atoms with Gasteiger partial charge in [-0.3, -0.25) is 4.79 Å². The molecule has 4 heteroatoms. The van der Waals surface area contributed by atoms with Crippen LogP contribution in [0, 0.1) is 6.92 Å². The Hall–Kier alpha value is -1.55. The Labute approximate surface area is 108 Å². The fourth-order valence-corrected chi connectivity index (χ4v) is 1.84. The van der Waals surface area contributed by atoms with E-state index in [0.29, 0.717) is 17.2 Å². The van der Waals surface area contributed by atoms with Crippen LogP contribution in [0.1, 0.15) is 48.2 Å². The van der Waals surface area contributed by atoms with Crippen LogP contribution < -0.4 is 10.5 Å². The van der Waals surface area contributed by atoms with Crippen LogP contribution in [0.25, 0.3) is 0 Å². The molecular weight excluding hydrogens is 230 g/mol. The molecule has 0 saturated heterocycles. The Balaban J connectivity index is 3.16. The van der Waals surface area contributed by atoms with E-state index in [1.165, 1.54) is 0 Å². The first-order chi connectivity index (χ1) is 8.32. The van der Waals surface area contributed by atoms with E-state index in [9.17, 15) is 9.90 Å². The van der Waals surface area contributed by atoms with Crippen LogP contribution in [-0.2, 0) is 0 Å². The summed E-state index contributed by atoms with van der Waals surface area (Å²) in [7, 11) is 0. The van der Waals surface area contributed by atoms with Gasteiger partial charge in [-0.05, 0) is 43.0 Å². The molecule has 0 aromatic heterocycles. The lowest BCUT2D eigenvalue weighted by Crippen LogP contribution is -2.18. The summed E-state index contributed by atoms with van der Waals surface area (Å²) in [5.74, 6) is 0.233. The molecule has 1 unspecified atom stereocenters. The molecule has 1 aromatic rings. The molecule has 1 rings (SSSR count). The molecule has 1 amide bonds. The molecule has 1 atom stereocenters. The van der Waals surface area contributed by atoms with Crippen molar-refractivity contribution in [1.29, 1.82) is 0 Å². The molecule has 3 N–H and O–H groups in total. The number of hydrogen-bond acceptors (Lipinski definition) is 3. The van der Waals surface area contributed by atoms with E-state index in [-0.39, 0.29) is 6.61 Å². The van der Waals surface area contributed by atoms with Gasteiger partial charge in [0, 0.05) is 0 Å². The Morgan fingerprint density at radius 1 is 1.39 bits per heavy atom. The number of rotatable bonds is 5. The van der Waals surface area contributed by atoms with Crippen molar-refractivity contribution in [2.75, 3.05) is 6.61 Å². The Morgan fingerprint density at radius 2 is 2.00 bits per heavy atom. The molecule has 0 aliphatic carbocycles. The maximum atomic E-state index is 11.4. The monoisotopic (exact) mass is 251 g/mol. The van der Waals surface area contributed by atoms with Gasteiger partial charge in [-0.15, -0.1) is 0 Å². The van der Waals surface area contributed by atoms with Crippen molar-refractivity contribution in [1.82, 2.24) is 0 Å². The highest BCUT2D eigenvalue weighted by Gasteiger charge is 2.15. The molecule has 0 heterocycles. The Morgan fingerprint density at radius 3 is 2.44 bits per heavy atom. The second-order valence-corrected chi connectivity index (χ2v) is 4.88. The summed E-state index contributed by atoms with van der Waals surface area (Å²) in [5.41, 5.74) is 7.85. The van der Waals surface area contributed by atoms with E-state index in [1.807, 2.05) is 6.92 Å². The number of hydrogen-bond donors (Lipinski definition) is 2. The topological polar surface area (TPSA) is 72.6 Å². The largest absolute Gasteiger partial charge is 0.490 e. The van der Waals surface area contributed by atoms with Gasteiger partial charge < -0.3 is 15.6 Å². The minimum absolute atomic E-state index is 0.140. The highest BCUT2D eigenvalue weighted by molar-refractivity contribution is 5.96. The minimum atomic E-state index is -0.587. The molecule has 0 aliphatic rings. The van der Waals surface area contributed by atoms with E-state index >= 15 is 0 Å².